The molecular formula is C15H23N5. The third-order valence-corrected chi connectivity index (χ3v) is 4.91. The molecule has 4 rings (SSSR count). The molecule has 0 radical (unpaired) electrons. The van der Waals surface area contributed by atoms with Gasteiger partial charge in [0.25, 0.3) is 0 Å². The summed E-state index contributed by atoms with van der Waals surface area (Å²) in [4.78, 5) is 16.3. The third kappa shape index (κ3) is 2.40. The molecule has 1 aromatic rings. The molecule has 0 N–H and O–H groups in total. The average Bonchev–Trinajstić information content (AvgIpc) is 3.24. The first-order valence-electron chi connectivity index (χ1n) is 7.79. The van der Waals surface area contributed by atoms with Crippen molar-refractivity contribution in [2.24, 2.45) is 0 Å². The highest BCUT2D eigenvalue weighted by Gasteiger charge is 2.34. The van der Waals surface area contributed by atoms with Crippen LogP contribution in [0.15, 0.2) is 12.4 Å². The molecule has 3 fully saturated rings. The zero-order chi connectivity index (χ0) is 13.5. The maximum absolute atomic E-state index is 4.45. The Balaban J connectivity index is 1.35. The molecule has 3 heterocycles. The fraction of sp³-hybridized carbons (Fsp3) is 0.733. The molecule has 0 atom stereocenters. The van der Waals surface area contributed by atoms with Gasteiger partial charge in [-0.2, -0.15) is 0 Å². The first-order chi connectivity index (χ1) is 9.79. The van der Waals surface area contributed by atoms with Crippen LogP contribution >= 0.6 is 0 Å². The van der Waals surface area contributed by atoms with Crippen molar-refractivity contribution < 1.29 is 0 Å². The summed E-state index contributed by atoms with van der Waals surface area (Å²) >= 11 is 0. The zero-order valence-electron chi connectivity index (χ0n) is 12.2. The van der Waals surface area contributed by atoms with Crippen LogP contribution in [0.4, 0.5) is 5.82 Å². The average molecular weight is 273 g/mol. The highest BCUT2D eigenvalue weighted by Crippen LogP contribution is 2.39. The van der Waals surface area contributed by atoms with E-state index in [1.165, 1.54) is 44.7 Å². The molecule has 5 nitrogen and oxygen atoms in total. The van der Waals surface area contributed by atoms with Gasteiger partial charge < -0.3 is 9.80 Å². The van der Waals surface area contributed by atoms with Gasteiger partial charge in [0.15, 0.2) is 0 Å². The molecule has 3 aliphatic rings. The Hall–Kier alpha value is -1.20. The zero-order valence-corrected chi connectivity index (χ0v) is 12.2. The molecule has 0 bridgehead atoms. The maximum atomic E-state index is 4.45. The van der Waals surface area contributed by atoms with Gasteiger partial charge in [0.05, 0.1) is 0 Å². The fourth-order valence-electron chi connectivity index (χ4n) is 3.20. The Bertz CT molecular complexity index is 473. The van der Waals surface area contributed by atoms with E-state index in [9.17, 15) is 0 Å². The molecule has 1 aromatic heterocycles. The van der Waals surface area contributed by atoms with Crippen LogP contribution in [0.5, 0.6) is 0 Å². The summed E-state index contributed by atoms with van der Waals surface area (Å²) in [5, 5.41) is 0. The van der Waals surface area contributed by atoms with E-state index >= 15 is 0 Å². The lowest BCUT2D eigenvalue weighted by atomic mass is 10.1. The number of hydrogen-bond donors (Lipinski definition) is 0. The molecule has 0 amide bonds. The summed E-state index contributed by atoms with van der Waals surface area (Å²) in [6.07, 6.45) is 4.35. The number of hydrogen-bond acceptors (Lipinski definition) is 5. The molecule has 0 unspecified atom stereocenters. The lowest BCUT2D eigenvalue weighted by Crippen LogP contribution is -2.63. The SMILES string of the molecule is CN1CCN(C2CN(c3cc(C4CC4)ncn3)C2)CC1. The number of piperazine rings is 1. The number of aromatic nitrogens is 2. The van der Waals surface area contributed by atoms with E-state index in [0.29, 0.717) is 5.92 Å². The monoisotopic (exact) mass is 273 g/mol. The van der Waals surface area contributed by atoms with Crippen molar-refractivity contribution in [2.45, 2.75) is 24.8 Å². The minimum absolute atomic E-state index is 0.714. The number of anilines is 1. The van der Waals surface area contributed by atoms with Crippen LogP contribution < -0.4 is 4.90 Å². The van der Waals surface area contributed by atoms with E-state index < -0.39 is 0 Å². The second-order valence-corrected chi connectivity index (χ2v) is 6.47. The lowest BCUT2D eigenvalue weighted by Gasteiger charge is -2.48. The first-order valence-corrected chi connectivity index (χ1v) is 7.79. The molecule has 20 heavy (non-hydrogen) atoms. The Morgan fingerprint density at radius 3 is 2.50 bits per heavy atom. The first kappa shape index (κ1) is 12.5. The Morgan fingerprint density at radius 1 is 1.05 bits per heavy atom. The normalized spacial score (nSPS) is 25.8. The molecule has 2 saturated heterocycles. The predicted molar refractivity (Wildman–Crippen MR) is 79.1 cm³/mol. The Kier molecular flexibility index (Phi) is 3.11. The standard InChI is InChI=1S/C15H23N5/c1-18-4-6-19(7-5-18)13-9-20(10-13)15-8-14(12-2-3-12)16-11-17-15/h8,11-13H,2-7,9-10H2,1H3. The van der Waals surface area contributed by atoms with E-state index in [1.54, 1.807) is 6.33 Å². The van der Waals surface area contributed by atoms with Gasteiger partial charge in [0, 0.05) is 63.0 Å². The van der Waals surface area contributed by atoms with E-state index in [-0.39, 0.29) is 0 Å². The lowest BCUT2D eigenvalue weighted by molar-refractivity contribution is 0.0960. The van der Waals surface area contributed by atoms with Crippen molar-refractivity contribution in [2.75, 3.05) is 51.2 Å². The summed E-state index contributed by atoms with van der Waals surface area (Å²) in [6, 6.07) is 2.93. The van der Waals surface area contributed by atoms with Gasteiger partial charge in [-0.15, -0.1) is 0 Å². The van der Waals surface area contributed by atoms with Gasteiger partial charge in [-0.3, -0.25) is 4.90 Å². The van der Waals surface area contributed by atoms with E-state index in [0.717, 1.165) is 24.9 Å². The van der Waals surface area contributed by atoms with Gasteiger partial charge in [-0.25, -0.2) is 9.97 Å². The highest BCUT2D eigenvalue weighted by atomic mass is 15.4. The van der Waals surface area contributed by atoms with Gasteiger partial charge in [0.2, 0.25) is 0 Å². The quantitative estimate of drug-likeness (QED) is 0.813. The van der Waals surface area contributed by atoms with E-state index in [1.807, 2.05) is 0 Å². The van der Waals surface area contributed by atoms with Crippen LogP contribution in [0.3, 0.4) is 0 Å². The number of rotatable bonds is 3. The molecule has 0 spiro atoms. The summed E-state index contributed by atoms with van der Waals surface area (Å²) in [6.45, 7) is 7.10. The van der Waals surface area contributed by atoms with Crippen LogP contribution in [-0.2, 0) is 0 Å². The molecule has 2 aliphatic heterocycles. The molecular weight excluding hydrogens is 250 g/mol. The van der Waals surface area contributed by atoms with Crippen molar-refractivity contribution in [3.05, 3.63) is 18.1 Å². The van der Waals surface area contributed by atoms with Gasteiger partial charge >= 0.3 is 0 Å². The molecule has 5 heteroatoms. The minimum Gasteiger partial charge on any atom is -0.353 e. The van der Waals surface area contributed by atoms with Crippen LogP contribution in [0.25, 0.3) is 0 Å². The van der Waals surface area contributed by atoms with Crippen molar-refractivity contribution in [1.29, 1.82) is 0 Å². The van der Waals surface area contributed by atoms with E-state index in [2.05, 4.69) is 37.8 Å². The third-order valence-electron chi connectivity index (χ3n) is 4.91. The van der Waals surface area contributed by atoms with Crippen molar-refractivity contribution in [3.8, 4) is 0 Å². The smallest absolute Gasteiger partial charge is 0.132 e. The largest absolute Gasteiger partial charge is 0.353 e. The molecule has 108 valence electrons. The molecule has 0 aromatic carbocycles. The van der Waals surface area contributed by atoms with Crippen LogP contribution in [0, 0.1) is 0 Å². The predicted octanol–water partition coefficient (Wildman–Crippen LogP) is 0.790. The van der Waals surface area contributed by atoms with Crippen LogP contribution in [0.2, 0.25) is 0 Å². The van der Waals surface area contributed by atoms with Gasteiger partial charge in [-0.1, -0.05) is 0 Å². The Labute approximate surface area is 120 Å². The molecule has 1 aliphatic carbocycles. The van der Waals surface area contributed by atoms with Crippen LogP contribution in [0.1, 0.15) is 24.5 Å². The highest BCUT2D eigenvalue weighted by molar-refractivity contribution is 5.44. The second kappa shape index (κ2) is 4.97. The van der Waals surface area contributed by atoms with Gasteiger partial charge in [0.1, 0.15) is 12.1 Å². The maximum Gasteiger partial charge on any atom is 0.132 e. The number of likely N-dealkylation sites (N-methyl/N-ethyl adjacent to an activating group) is 1. The fourth-order valence-corrected chi connectivity index (χ4v) is 3.20. The van der Waals surface area contributed by atoms with E-state index in [4.69, 9.17) is 0 Å². The summed E-state index contributed by atoms with van der Waals surface area (Å²) in [5.41, 5.74) is 1.25. The second-order valence-electron chi connectivity index (χ2n) is 6.47. The Morgan fingerprint density at radius 2 is 1.80 bits per heavy atom. The summed E-state index contributed by atoms with van der Waals surface area (Å²) in [5.74, 6) is 1.85. The van der Waals surface area contributed by atoms with Crippen molar-refractivity contribution in [3.63, 3.8) is 0 Å². The minimum atomic E-state index is 0.714. The van der Waals surface area contributed by atoms with Crippen LogP contribution in [-0.4, -0.2) is 72.1 Å². The molecule has 1 saturated carbocycles. The number of nitrogens with zero attached hydrogens (tertiary/aromatic N) is 5. The summed E-state index contributed by atoms with van der Waals surface area (Å²) < 4.78 is 0. The summed E-state index contributed by atoms with van der Waals surface area (Å²) in [7, 11) is 2.21. The van der Waals surface area contributed by atoms with Crippen molar-refractivity contribution in [1.82, 2.24) is 19.8 Å². The van der Waals surface area contributed by atoms with Gasteiger partial charge in [-0.05, 0) is 19.9 Å². The van der Waals surface area contributed by atoms with Crippen molar-refractivity contribution >= 4 is 5.82 Å². The topological polar surface area (TPSA) is 35.5 Å².